The normalized spacial score (nSPS) is 12.8. The first kappa shape index (κ1) is 18.6. The van der Waals surface area contributed by atoms with Gasteiger partial charge < -0.3 is 4.57 Å². The van der Waals surface area contributed by atoms with Crippen LogP contribution in [-0.4, -0.2) is 19.1 Å². The van der Waals surface area contributed by atoms with Gasteiger partial charge in [-0.05, 0) is 30.3 Å². The van der Waals surface area contributed by atoms with Crippen LogP contribution in [0.3, 0.4) is 0 Å². The lowest BCUT2D eigenvalue weighted by Crippen LogP contribution is -2.32. The zero-order chi connectivity index (χ0) is 20.4. The smallest absolute Gasteiger partial charge is 0.269 e. The minimum atomic E-state index is -0.179. The van der Waals surface area contributed by atoms with Crippen molar-refractivity contribution in [2.45, 2.75) is 6.54 Å². The van der Waals surface area contributed by atoms with Crippen molar-refractivity contribution in [3.05, 3.63) is 92.4 Å². The van der Waals surface area contributed by atoms with Crippen LogP contribution in [0.4, 0.5) is 0 Å². The molecule has 0 aliphatic heterocycles. The maximum absolute atomic E-state index is 13.0. The standard InChI is InChI=1S/C22H17N5OS/c1-3-12-27-21(28)19(13-15-8-6-7-11-24-15)29-22(27)16(14-23)20-25-17-9-4-5-10-18(17)26(20)2/h3-11,13H,1,12H2,2H3/b19-13-,22-16+. The molecule has 0 spiro atoms. The molecule has 0 bridgehead atoms. The third kappa shape index (κ3) is 3.30. The van der Waals surface area contributed by atoms with Crippen molar-refractivity contribution in [1.82, 2.24) is 19.1 Å². The van der Waals surface area contributed by atoms with Crippen molar-refractivity contribution in [1.29, 1.82) is 5.26 Å². The van der Waals surface area contributed by atoms with E-state index in [0.717, 1.165) is 11.0 Å². The number of nitriles is 1. The average molecular weight is 399 g/mol. The molecule has 29 heavy (non-hydrogen) atoms. The van der Waals surface area contributed by atoms with Gasteiger partial charge in [-0.3, -0.25) is 14.3 Å². The Kier molecular flexibility index (Phi) is 4.94. The van der Waals surface area contributed by atoms with Gasteiger partial charge in [0.2, 0.25) is 0 Å². The number of aryl methyl sites for hydroxylation is 1. The topological polar surface area (TPSA) is 76.5 Å². The van der Waals surface area contributed by atoms with Crippen LogP contribution in [0.15, 0.2) is 66.1 Å². The Morgan fingerprint density at radius 2 is 2.07 bits per heavy atom. The second kappa shape index (κ2) is 7.70. The van der Waals surface area contributed by atoms with Crippen LogP contribution in [0.2, 0.25) is 0 Å². The molecule has 7 heteroatoms. The maximum atomic E-state index is 13.0. The molecule has 0 atom stereocenters. The number of hydrogen-bond acceptors (Lipinski definition) is 5. The highest BCUT2D eigenvalue weighted by Crippen LogP contribution is 2.18. The summed E-state index contributed by atoms with van der Waals surface area (Å²) >= 11 is 1.26. The Morgan fingerprint density at radius 1 is 1.28 bits per heavy atom. The Bertz CT molecular complexity index is 1430. The molecule has 0 N–H and O–H groups in total. The van der Waals surface area contributed by atoms with Crippen molar-refractivity contribution < 1.29 is 0 Å². The lowest BCUT2D eigenvalue weighted by atomic mass is 10.3. The first-order valence-electron chi connectivity index (χ1n) is 8.93. The molecule has 4 rings (SSSR count). The summed E-state index contributed by atoms with van der Waals surface area (Å²) in [5.41, 5.74) is 2.58. The molecular formula is C22H17N5OS. The largest absolute Gasteiger partial charge is 0.326 e. The third-order valence-electron chi connectivity index (χ3n) is 4.52. The summed E-state index contributed by atoms with van der Waals surface area (Å²) in [6, 6.07) is 15.5. The monoisotopic (exact) mass is 399 g/mol. The van der Waals surface area contributed by atoms with Crippen LogP contribution < -0.4 is 14.8 Å². The number of nitrogens with zero attached hydrogens (tertiary/aromatic N) is 5. The molecule has 6 nitrogen and oxygen atoms in total. The summed E-state index contributed by atoms with van der Waals surface area (Å²) in [7, 11) is 1.87. The SMILES string of the molecule is C=CCn1c(=O)/c(=C/c2ccccn2)s/c1=C(\C#N)c1nc2ccccc2n1C. The summed E-state index contributed by atoms with van der Waals surface area (Å²) in [5.74, 6) is 0.525. The molecule has 4 aromatic rings. The number of allylic oxidation sites excluding steroid dienone is 1. The Morgan fingerprint density at radius 3 is 2.76 bits per heavy atom. The van der Waals surface area contributed by atoms with Crippen molar-refractivity contribution in [2.75, 3.05) is 0 Å². The second-order valence-corrected chi connectivity index (χ2v) is 7.38. The summed E-state index contributed by atoms with van der Waals surface area (Å²) in [6.07, 6.45) is 5.06. The fourth-order valence-corrected chi connectivity index (χ4v) is 4.25. The number of aromatic nitrogens is 4. The molecule has 0 unspecified atom stereocenters. The molecule has 0 amide bonds. The summed E-state index contributed by atoms with van der Waals surface area (Å²) in [6.45, 7) is 4.05. The van der Waals surface area contributed by atoms with E-state index in [2.05, 4.69) is 22.6 Å². The van der Waals surface area contributed by atoms with E-state index < -0.39 is 0 Å². The average Bonchev–Trinajstić information content (AvgIpc) is 3.23. The summed E-state index contributed by atoms with van der Waals surface area (Å²) < 4.78 is 4.49. The number of pyridine rings is 1. The molecule has 0 saturated carbocycles. The molecule has 142 valence electrons. The molecule has 0 aliphatic rings. The molecule has 0 radical (unpaired) electrons. The molecule has 3 heterocycles. The number of para-hydroxylation sites is 2. The van der Waals surface area contributed by atoms with E-state index in [9.17, 15) is 10.1 Å². The maximum Gasteiger partial charge on any atom is 0.269 e. The molecule has 3 aromatic heterocycles. The van der Waals surface area contributed by atoms with Gasteiger partial charge in [0.15, 0.2) is 5.82 Å². The van der Waals surface area contributed by atoms with Gasteiger partial charge in [0.1, 0.15) is 16.3 Å². The van der Waals surface area contributed by atoms with Crippen molar-refractivity contribution in [3.8, 4) is 6.07 Å². The molecule has 0 saturated heterocycles. The fraction of sp³-hybridized carbons (Fsp3) is 0.0909. The van der Waals surface area contributed by atoms with Crippen molar-refractivity contribution in [3.63, 3.8) is 0 Å². The molecule has 0 fully saturated rings. The predicted molar refractivity (Wildman–Crippen MR) is 115 cm³/mol. The zero-order valence-corrected chi connectivity index (χ0v) is 16.6. The van der Waals surface area contributed by atoms with E-state index in [1.54, 1.807) is 22.9 Å². The number of benzene rings is 1. The number of imidazole rings is 1. The van der Waals surface area contributed by atoms with E-state index in [1.807, 2.05) is 54.1 Å². The first-order valence-corrected chi connectivity index (χ1v) is 9.75. The zero-order valence-electron chi connectivity index (χ0n) is 15.7. The minimum Gasteiger partial charge on any atom is -0.326 e. The van der Waals surface area contributed by atoms with Gasteiger partial charge >= 0.3 is 0 Å². The van der Waals surface area contributed by atoms with Crippen molar-refractivity contribution >= 4 is 34.0 Å². The van der Waals surface area contributed by atoms with Crippen LogP contribution in [0, 0.1) is 11.3 Å². The van der Waals surface area contributed by atoms with Crippen molar-refractivity contribution in [2.24, 2.45) is 7.05 Å². The van der Waals surface area contributed by atoms with Gasteiger partial charge in [0, 0.05) is 19.8 Å². The van der Waals surface area contributed by atoms with Gasteiger partial charge in [-0.1, -0.05) is 24.3 Å². The lowest BCUT2D eigenvalue weighted by Gasteiger charge is -2.02. The summed E-state index contributed by atoms with van der Waals surface area (Å²) in [5, 5.41) is 9.97. The first-order chi connectivity index (χ1) is 14.1. The summed E-state index contributed by atoms with van der Waals surface area (Å²) in [4.78, 5) is 21.9. The molecule has 0 aliphatic carbocycles. The number of rotatable bonds is 4. The van der Waals surface area contributed by atoms with Crippen LogP contribution in [0.5, 0.6) is 0 Å². The lowest BCUT2D eigenvalue weighted by molar-refractivity contribution is 0.772. The van der Waals surface area contributed by atoms with E-state index in [1.165, 1.54) is 11.3 Å². The minimum absolute atomic E-state index is 0.179. The Labute approximate surface area is 170 Å². The molecule has 1 aromatic carbocycles. The van der Waals surface area contributed by atoms with Crippen LogP contribution in [-0.2, 0) is 13.6 Å². The van der Waals surface area contributed by atoms with Crippen LogP contribution in [0.25, 0.3) is 22.7 Å². The van der Waals surface area contributed by atoms with Gasteiger partial charge in [0.05, 0.1) is 21.3 Å². The fourth-order valence-electron chi connectivity index (χ4n) is 3.16. The van der Waals surface area contributed by atoms with Gasteiger partial charge in [-0.2, -0.15) is 5.26 Å². The highest BCUT2D eigenvalue weighted by atomic mass is 32.1. The van der Waals surface area contributed by atoms with E-state index >= 15 is 0 Å². The van der Waals surface area contributed by atoms with Crippen LogP contribution >= 0.6 is 11.3 Å². The molecular weight excluding hydrogens is 382 g/mol. The predicted octanol–water partition coefficient (Wildman–Crippen LogP) is 1.93. The third-order valence-corrected chi connectivity index (χ3v) is 5.65. The Balaban J connectivity index is 2.07. The quantitative estimate of drug-likeness (QED) is 0.492. The van der Waals surface area contributed by atoms with Crippen LogP contribution in [0.1, 0.15) is 11.5 Å². The number of thiazole rings is 1. The van der Waals surface area contributed by atoms with Gasteiger partial charge in [0.25, 0.3) is 5.56 Å². The highest BCUT2D eigenvalue weighted by Gasteiger charge is 2.16. The van der Waals surface area contributed by atoms with E-state index in [4.69, 9.17) is 0 Å². The number of fused-ring (bicyclic) bond motifs is 1. The van der Waals surface area contributed by atoms with E-state index in [0.29, 0.717) is 32.8 Å². The van der Waals surface area contributed by atoms with Gasteiger partial charge in [-0.15, -0.1) is 17.9 Å². The number of hydrogen-bond donors (Lipinski definition) is 0. The van der Waals surface area contributed by atoms with Gasteiger partial charge in [-0.25, -0.2) is 4.98 Å². The highest BCUT2D eigenvalue weighted by molar-refractivity contribution is 7.07. The van der Waals surface area contributed by atoms with E-state index in [-0.39, 0.29) is 5.56 Å². The Hall–Kier alpha value is -3.76. The second-order valence-electron chi connectivity index (χ2n) is 6.34.